The van der Waals surface area contributed by atoms with Crippen molar-refractivity contribution in [2.75, 3.05) is 32.9 Å². The Bertz CT molecular complexity index is 385. The topological polar surface area (TPSA) is 52.9 Å². The van der Waals surface area contributed by atoms with E-state index in [-0.39, 0.29) is 12.6 Å². The zero-order valence-electron chi connectivity index (χ0n) is 10.8. The van der Waals surface area contributed by atoms with E-state index in [1.807, 2.05) is 12.1 Å². The second kappa shape index (κ2) is 7.22. The van der Waals surface area contributed by atoms with Crippen molar-refractivity contribution in [1.29, 1.82) is 0 Å². The van der Waals surface area contributed by atoms with Crippen LogP contribution in [0.3, 0.4) is 0 Å². The molecule has 0 aliphatic carbocycles. The van der Waals surface area contributed by atoms with E-state index in [2.05, 4.69) is 4.90 Å². The molecule has 2 unspecified atom stereocenters. The second-order valence-electron chi connectivity index (χ2n) is 4.80. The van der Waals surface area contributed by atoms with E-state index < -0.39 is 6.10 Å². The molecule has 0 bridgehead atoms. The molecular weight excluding hydrogens is 266 g/mol. The quantitative estimate of drug-likeness (QED) is 0.860. The summed E-state index contributed by atoms with van der Waals surface area (Å²) < 4.78 is 5.33. The monoisotopic (exact) mass is 285 g/mol. The Morgan fingerprint density at radius 2 is 2.11 bits per heavy atom. The summed E-state index contributed by atoms with van der Waals surface area (Å²) in [6.07, 6.45) is 0.137. The van der Waals surface area contributed by atoms with Crippen molar-refractivity contribution in [3.05, 3.63) is 34.9 Å². The smallest absolute Gasteiger partial charge is 0.0802 e. The number of aliphatic hydroxyl groups is 2. The Morgan fingerprint density at radius 3 is 2.79 bits per heavy atom. The zero-order valence-corrected chi connectivity index (χ0v) is 11.6. The minimum Gasteiger partial charge on any atom is -0.395 e. The maximum absolute atomic E-state index is 10.1. The third kappa shape index (κ3) is 4.16. The van der Waals surface area contributed by atoms with E-state index in [0.29, 0.717) is 24.7 Å². The number of rotatable bonds is 5. The highest BCUT2D eigenvalue weighted by Crippen LogP contribution is 2.20. The number of aliphatic hydroxyl groups excluding tert-OH is 2. The summed E-state index contributed by atoms with van der Waals surface area (Å²) in [5, 5.41) is 20.1. The van der Waals surface area contributed by atoms with Gasteiger partial charge in [0.15, 0.2) is 0 Å². The molecule has 1 aromatic rings. The highest BCUT2D eigenvalue weighted by molar-refractivity contribution is 6.30. The molecular formula is C14H20ClNO3. The van der Waals surface area contributed by atoms with E-state index in [4.69, 9.17) is 16.3 Å². The maximum Gasteiger partial charge on any atom is 0.0802 e. The summed E-state index contributed by atoms with van der Waals surface area (Å²) in [6, 6.07) is 7.30. The summed E-state index contributed by atoms with van der Waals surface area (Å²) in [5.41, 5.74) is 0.873. The van der Waals surface area contributed by atoms with Gasteiger partial charge in [0, 0.05) is 18.1 Å². The Morgan fingerprint density at radius 1 is 1.37 bits per heavy atom. The minimum atomic E-state index is -0.501. The molecule has 2 N–H and O–H groups in total. The summed E-state index contributed by atoms with van der Waals surface area (Å²) in [6.45, 7) is 2.90. The summed E-state index contributed by atoms with van der Waals surface area (Å²) in [7, 11) is 0. The van der Waals surface area contributed by atoms with E-state index >= 15 is 0 Å². The van der Waals surface area contributed by atoms with Crippen molar-refractivity contribution in [2.45, 2.75) is 18.6 Å². The zero-order chi connectivity index (χ0) is 13.7. The van der Waals surface area contributed by atoms with E-state index in [9.17, 15) is 10.2 Å². The van der Waals surface area contributed by atoms with Crippen molar-refractivity contribution in [1.82, 2.24) is 4.90 Å². The van der Waals surface area contributed by atoms with Crippen LogP contribution in [-0.2, 0) is 4.74 Å². The average molecular weight is 286 g/mol. The molecule has 2 atom stereocenters. The predicted molar refractivity (Wildman–Crippen MR) is 74.3 cm³/mol. The first-order valence-electron chi connectivity index (χ1n) is 6.57. The number of halogens is 1. The van der Waals surface area contributed by atoms with Gasteiger partial charge in [-0.25, -0.2) is 0 Å². The van der Waals surface area contributed by atoms with Gasteiger partial charge in [0.25, 0.3) is 0 Å². The molecule has 2 rings (SSSR count). The summed E-state index contributed by atoms with van der Waals surface area (Å²) in [5.74, 6) is 0. The standard InChI is InChI=1S/C14H20ClNO3/c15-12-3-1-11(2-4-12)14(18)5-6-16-7-8-19-10-13(16)9-17/h1-4,13-14,17-18H,5-10H2. The van der Waals surface area contributed by atoms with Gasteiger partial charge in [-0.1, -0.05) is 23.7 Å². The van der Waals surface area contributed by atoms with Gasteiger partial charge in [0.05, 0.1) is 32.0 Å². The molecule has 1 aliphatic rings. The van der Waals surface area contributed by atoms with Crippen LogP contribution in [0, 0.1) is 0 Å². The van der Waals surface area contributed by atoms with Crippen LogP contribution in [0.25, 0.3) is 0 Å². The van der Waals surface area contributed by atoms with Gasteiger partial charge in [-0.3, -0.25) is 4.90 Å². The summed E-state index contributed by atoms with van der Waals surface area (Å²) >= 11 is 5.82. The van der Waals surface area contributed by atoms with Gasteiger partial charge in [0.1, 0.15) is 0 Å². The van der Waals surface area contributed by atoms with Crippen LogP contribution in [0.15, 0.2) is 24.3 Å². The Kier molecular flexibility index (Phi) is 5.60. The molecule has 0 radical (unpaired) electrons. The van der Waals surface area contributed by atoms with Crippen LogP contribution < -0.4 is 0 Å². The van der Waals surface area contributed by atoms with E-state index in [1.54, 1.807) is 12.1 Å². The lowest BCUT2D eigenvalue weighted by molar-refractivity contribution is -0.0321. The van der Waals surface area contributed by atoms with Crippen LogP contribution in [-0.4, -0.2) is 54.1 Å². The molecule has 1 fully saturated rings. The number of benzene rings is 1. The normalized spacial score (nSPS) is 22.4. The third-order valence-electron chi connectivity index (χ3n) is 3.50. The Hall–Kier alpha value is -0.650. The molecule has 0 aromatic heterocycles. The average Bonchev–Trinajstić information content (AvgIpc) is 2.45. The number of ether oxygens (including phenoxy) is 1. The molecule has 5 heteroatoms. The van der Waals surface area contributed by atoms with Crippen LogP contribution in [0.5, 0.6) is 0 Å². The molecule has 1 aromatic carbocycles. The fraction of sp³-hybridized carbons (Fsp3) is 0.571. The van der Waals surface area contributed by atoms with Gasteiger partial charge >= 0.3 is 0 Å². The lowest BCUT2D eigenvalue weighted by atomic mass is 10.1. The van der Waals surface area contributed by atoms with Crippen LogP contribution in [0.1, 0.15) is 18.1 Å². The van der Waals surface area contributed by atoms with E-state index in [0.717, 1.165) is 18.7 Å². The highest BCUT2D eigenvalue weighted by atomic mass is 35.5. The van der Waals surface area contributed by atoms with Gasteiger partial charge in [0.2, 0.25) is 0 Å². The molecule has 1 heterocycles. The van der Waals surface area contributed by atoms with Crippen molar-refractivity contribution in [2.24, 2.45) is 0 Å². The second-order valence-corrected chi connectivity index (χ2v) is 5.24. The number of nitrogens with zero attached hydrogens (tertiary/aromatic N) is 1. The molecule has 0 spiro atoms. The molecule has 1 aliphatic heterocycles. The van der Waals surface area contributed by atoms with Crippen molar-refractivity contribution >= 4 is 11.6 Å². The van der Waals surface area contributed by atoms with Gasteiger partial charge in [-0.05, 0) is 24.1 Å². The van der Waals surface area contributed by atoms with Gasteiger partial charge in [-0.2, -0.15) is 0 Å². The Labute approximate surface area is 118 Å². The number of morpholine rings is 1. The fourth-order valence-corrected chi connectivity index (χ4v) is 2.42. The maximum atomic E-state index is 10.1. The first-order valence-corrected chi connectivity index (χ1v) is 6.94. The van der Waals surface area contributed by atoms with Crippen LogP contribution in [0.4, 0.5) is 0 Å². The molecule has 0 saturated carbocycles. The lowest BCUT2D eigenvalue weighted by Crippen LogP contribution is -2.48. The van der Waals surface area contributed by atoms with Crippen LogP contribution >= 0.6 is 11.6 Å². The number of hydrogen-bond donors (Lipinski definition) is 2. The third-order valence-corrected chi connectivity index (χ3v) is 3.76. The predicted octanol–water partition coefficient (Wildman–Crippen LogP) is 1.46. The van der Waals surface area contributed by atoms with Crippen molar-refractivity contribution in [3.8, 4) is 0 Å². The fourth-order valence-electron chi connectivity index (χ4n) is 2.29. The molecule has 1 saturated heterocycles. The lowest BCUT2D eigenvalue weighted by Gasteiger charge is -2.34. The van der Waals surface area contributed by atoms with Crippen molar-refractivity contribution < 1.29 is 14.9 Å². The van der Waals surface area contributed by atoms with E-state index in [1.165, 1.54) is 0 Å². The Balaban J connectivity index is 1.85. The van der Waals surface area contributed by atoms with Crippen molar-refractivity contribution in [3.63, 3.8) is 0 Å². The first-order chi connectivity index (χ1) is 9.20. The molecule has 4 nitrogen and oxygen atoms in total. The first kappa shape index (κ1) is 14.8. The highest BCUT2D eigenvalue weighted by Gasteiger charge is 2.22. The minimum absolute atomic E-state index is 0.0474. The molecule has 0 amide bonds. The SMILES string of the molecule is OCC1COCCN1CCC(O)c1ccc(Cl)cc1. The number of hydrogen-bond acceptors (Lipinski definition) is 4. The molecule has 19 heavy (non-hydrogen) atoms. The van der Waals surface area contributed by atoms with Gasteiger partial charge < -0.3 is 14.9 Å². The molecule has 106 valence electrons. The van der Waals surface area contributed by atoms with Gasteiger partial charge in [-0.15, -0.1) is 0 Å². The van der Waals surface area contributed by atoms with Crippen LogP contribution in [0.2, 0.25) is 5.02 Å². The summed E-state index contributed by atoms with van der Waals surface area (Å²) in [4.78, 5) is 2.17. The largest absolute Gasteiger partial charge is 0.395 e.